The third-order valence-electron chi connectivity index (χ3n) is 7.06. The topological polar surface area (TPSA) is 180 Å². The molecule has 7 atom stereocenters. The molecule has 15 nitrogen and oxygen atoms in total. The van der Waals surface area contributed by atoms with Crippen LogP contribution in [-0.4, -0.2) is 93.0 Å². The van der Waals surface area contributed by atoms with Crippen LogP contribution in [0.15, 0.2) is 42.5 Å². The highest BCUT2D eigenvalue weighted by Gasteiger charge is 2.53. The van der Waals surface area contributed by atoms with E-state index in [9.17, 15) is 24.0 Å². The monoisotopic (exact) mass is 659 g/mol. The highest BCUT2D eigenvalue weighted by atomic mass is 16.7. The van der Waals surface area contributed by atoms with Gasteiger partial charge in [-0.3, -0.25) is 24.0 Å². The van der Waals surface area contributed by atoms with E-state index in [2.05, 4.69) is 5.32 Å². The van der Waals surface area contributed by atoms with Crippen LogP contribution in [0.5, 0.6) is 23.0 Å². The molecule has 1 saturated heterocycles. The molecule has 15 heteroatoms. The predicted octanol–water partition coefficient (Wildman–Crippen LogP) is 2.12. The van der Waals surface area contributed by atoms with Crippen LogP contribution < -0.4 is 24.3 Å². The molecule has 0 unspecified atom stereocenters. The summed E-state index contributed by atoms with van der Waals surface area (Å²) in [5.74, 6) is -2.06. The molecule has 2 heterocycles. The molecule has 0 bridgehead atoms. The number of hydrogen-bond donors (Lipinski definition) is 1. The fourth-order valence-electron chi connectivity index (χ4n) is 4.98. The summed E-state index contributed by atoms with van der Waals surface area (Å²) in [6.07, 6.45) is -7.36. The Hall–Kier alpha value is -5.05. The maximum atomic E-state index is 13.2. The van der Waals surface area contributed by atoms with Gasteiger partial charge in [0, 0.05) is 33.3 Å². The third-order valence-corrected chi connectivity index (χ3v) is 7.06. The number of hydrogen-bond acceptors (Lipinski definition) is 14. The van der Waals surface area contributed by atoms with Crippen LogP contribution in [0.2, 0.25) is 0 Å². The minimum Gasteiger partial charge on any atom is -0.493 e. The maximum Gasteiger partial charge on any atom is 0.303 e. The summed E-state index contributed by atoms with van der Waals surface area (Å²) in [4.78, 5) is 61.0. The first-order valence-corrected chi connectivity index (χ1v) is 14.7. The largest absolute Gasteiger partial charge is 0.493 e. The highest BCUT2D eigenvalue weighted by molar-refractivity contribution is 5.95. The number of carbonyl (C=O) groups is 5. The second-order valence-corrected chi connectivity index (χ2v) is 10.7. The highest BCUT2D eigenvalue weighted by Crippen LogP contribution is 2.35. The standard InChI is InChI=1S/C32H37NO14/c1-16(26-14-41-22-9-7-8-10-23(22)45-26)33-31(38)21-11-12-24(25(13-21)39-6)46-32-30(44-20(5)37)29(43-19(4)36)28(42-18(3)35)27(47-32)15-40-17(2)34/h7-13,16,26-30,32H,14-15H2,1-6H3,(H,33,38)/t16-,26-,27-,28-,29+,30-,32+/m0/s1. The zero-order chi connectivity index (χ0) is 34.2. The zero-order valence-corrected chi connectivity index (χ0v) is 26.7. The van der Waals surface area contributed by atoms with E-state index in [4.69, 9.17) is 42.6 Å². The lowest BCUT2D eigenvalue weighted by Gasteiger charge is -2.44. The van der Waals surface area contributed by atoms with Crippen molar-refractivity contribution in [3.8, 4) is 23.0 Å². The van der Waals surface area contributed by atoms with Crippen molar-refractivity contribution in [1.82, 2.24) is 5.32 Å². The molecule has 1 N–H and O–H groups in total. The number of ether oxygens (including phenoxy) is 9. The average Bonchev–Trinajstić information content (AvgIpc) is 3.02. The summed E-state index contributed by atoms with van der Waals surface area (Å²) >= 11 is 0. The number of benzene rings is 2. The molecule has 2 aromatic rings. The Morgan fingerprint density at radius 1 is 0.830 bits per heavy atom. The molecule has 0 saturated carbocycles. The van der Waals surface area contributed by atoms with Crippen LogP contribution in [0.1, 0.15) is 45.0 Å². The van der Waals surface area contributed by atoms with Crippen molar-refractivity contribution in [2.24, 2.45) is 0 Å². The quantitative estimate of drug-likeness (QED) is 0.274. The zero-order valence-electron chi connectivity index (χ0n) is 26.7. The number of amides is 1. The lowest BCUT2D eigenvalue weighted by Crippen LogP contribution is -2.63. The Labute approximate surface area is 270 Å². The summed E-state index contributed by atoms with van der Waals surface area (Å²) in [6.45, 7) is 6.13. The number of fused-ring (bicyclic) bond motifs is 1. The molecule has 2 aliphatic rings. The van der Waals surface area contributed by atoms with Crippen LogP contribution in [0.4, 0.5) is 0 Å². The van der Waals surface area contributed by atoms with Gasteiger partial charge in [0.2, 0.25) is 12.4 Å². The van der Waals surface area contributed by atoms with Crippen LogP contribution in [-0.2, 0) is 42.9 Å². The second-order valence-electron chi connectivity index (χ2n) is 10.7. The van der Waals surface area contributed by atoms with E-state index in [1.807, 2.05) is 12.1 Å². The third kappa shape index (κ3) is 9.03. The number of para-hydroxylation sites is 2. The summed E-state index contributed by atoms with van der Waals surface area (Å²) in [5.41, 5.74) is 0.222. The van der Waals surface area contributed by atoms with E-state index >= 15 is 0 Å². The van der Waals surface area contributed by atoms with Gasteiger partial charge in [-0.05, 0) is 37.3 Å². The second kappa shape index (κ2) is 15.5. The Kier molecular flexibility index (Phi) is 11.5. The fraction of sp³-hybridized carbons (Fsp3) is 0.469. The van der Waals surface area contributed by atoms with Crippen molar-refractivity contribution in [3.05, 3.63) is 48.0 Å². The molecule has 254 valence electrons. The van der Waals surface area contributed by atoms with E-state index in [1.165, 1.54) is 32.2 Å². The summed E-state index contributed by atoms with van der Waals surface area (Å²) in [7, 11) is 1.35. The Morgan fingerprint density at radius 2 is 1.47 bits per heavy atom. The van der Waals surface area contributed by atoms with Crippen LogP contribution >= 0.6 is 0 Å². The number of methoxy groups -OCH3 is 1. The van der Waals surface area contributed by atoms with Gasteiger partial charge in [-0.25, -0.2) is 0 Å². The summed E-state index contributed by atoms with van der Waals surface area (Å²) < 4.78 is 50.7. The molecular weight excluding hydrogens is 622 g/mol. The first-order valence-electron chi connectivity index (χ1n) is 14.7. The van der Waals surface area contributed by atoms with Gasteiger partial charge >= 0.3 is 23.9 Å². The number of esters is 4. The van der Waals surface area contributed by atoms with Gasteiger partial charge in [0.05, 0.1) is 13.2 Å². The van der Waals surface area contributed by atoms with E-state index in [-0.39, 0.29) is 23.7 Å². The number of rotatable bonds is 11. The Balaban J connectivity index is 1.56. The first kappa shape index (κ1) is 34.8. The maximum absolute atomic E-state index is 13.2. The van der Waals surface area contributed by atoms with Crippen molar-refractivity contribution < 1.29 is 66.6 Å². The molecule has 4 rings (SSSR count). The molecule has 0 aromatic heterocycles. The van der Waals surface area contributed by atoms with E-state index in [1.54, 1.807) is 19.1 Å². The van der Waals surface area contributed by atoms with Gasteiger partial charge in [-0.2, -0.15) is 0 Å². The SMILES string of the molecule is COc1cc(C(=O)N[C@@H](C)[C@@H]2COc3ccccc3O2)ccc1O[C@@H]1O[C@@H](COC(C)=O)[C@H](OC(C)=O)[C@@H](OC(C)=O)[C@@H]1OC(C)=O. The van der Waals surface area contributed by atoms with Gasteiger partial charge in [-0.1, -0.05) is 12.1 Å². The minimum absolute atomic E-state index is 0.0543. The molecular formula is C32H37NO14. The molecule has 47 heavy (non-hydrogen) atoms. The Bertz CT molecular complexity index is 1480. The van der Waals surface area contributed by atoms with Gasteiger partial charge in [0.1, 0.15) is 19.3 Å². The smallest absolute Gasteiger partial charge is 0.303 e. The van der Waals surface area contributed by atoms with Crippen LogP contribution in [0.25, 0.3) is 0 Å². The number of carbonyl (C=O) groups excluding carboxylic acids is 5. The van der Waals surface area contributed by atoms with Gasteiger partial charge in [-0.15, -0.1) is 0 Å². The predicted molar refractivity (Wildman–Crippen MR) is 159 cm³/mol. The minimum atomic E-state index is -1.49. The van der Waals surface area contributed by atoms with E-state index < -0.39 is 79.2 Å². The molecule has 0 spiro atoms. The van der Waals surface area contributed by atoms with Crippen LogP contribution in [0, 0.1) is 0 Å². The van der Waals surface area contributed by atoms with Crippen LogP contribution in [0.3, 0.4) is 0 Å². The molecule has 1 fully saturated rings. The van der Waals surface area contributed by atoms with Crippen molar-refractivity contribution in [2.75, 3.05) is 20.3 Å². The lowest BCUT2D eigenvalue weighted by molar-refractivity contribution is -0.288. The summed E-state index contributed by atoms with van der Waals surface area (Å²) in [6, 6.07) is 11.1. The molecule has 2 aliphatic heterocycles. The molecule has 0 radical (unpaired) electrons. The van der Waals surface area contributed by atoms with Crippen molar-refractivity contribution >= 4 is 29.8 Å². The van der Waals surface area contributed by atoms with E-state index in [0.29, 0.717) is 11.5 Å². The van der Waals surface area contributed by atoms with E-state index in [0.717, 1.165) is 20.8 Å². The lowest BCUT2D eigenvalue weighted by atomic mass is 9.98. The van der Waals surface area contributed by atoms with Gasteiger partial charge < -0.3 is 47.9 Å². The number of nitrogens with one attached hydrogen (secondary N) is 1. The normalized spacial score (nSPS) is 23.7. The van der Waals surface area contributed by atoms with Crippen molar-refractivity contribution in [1.29, 1.82) is 0 Å². The first-order chi connectivity index (χ1) is 22.4. The molecule has 0 aliphatic carbocycles. The summed E-state index contributed by atoms with van der Waals surface area (Å²) in [5, 5.41) is 2.90. The fourth-order valence-corrected chi connectivity index (χ4v) is 4.98. The van der Waals surface area contributed by atoms with Crippen molar-refractivity contribution in [2.45, 2.75) is 77.5 Å². The molecule has 1 amide bonds. The van der Waals surface area contributed by atoms with Crippen molar-refractivity contribution in [3.63, 3.8) is 0 Å². The average molecular weight is 660 g/mol. The van der Waals surface area contributed by atoms with Gasteiger partial charge in [0.15, 0.2) is 41.3 Å². The molecule has 2 aromatic carbocycles. The van der Waals surface area contributed by atoms with Gasteiger partial charge in [0.25, 0.3) is 5.91 Å². The Morgan fingerprint density at radius 3 is 2.11 bits per heavy atom.